The smallest absolute Gasteiger partial charge is 0.245 e. The first-order valence-electron chi connectivity index (χ1n) is 12.3. The lowest BCUT2D eigenvalue weighted by atomic mass is 9.79. The quantitative estimate of drug-likeness (QED) is 0.437. The van der Waals surface area contributed by atoms with Crippen LogP contribution >= 0.6 is 22.9 Å². The van der Waals surface area contributed by atoms with Gasteiger partial charge < -0.3 is 14.5 Å². The minimum absolute atomic E-state index is 0.0267. The van der Waals surface area contributed by atoms with Gasteiger partial charge in [0.2, 0.25) is 5.91 Å². The number of aromatic nitrogens is 2. The maximum absolute atomic E-state index is 12.0. The van der Waals surface area contributed by atoms with Crippen molar-refractivity contribution in [1.82, 2.24) is 14.9 Å². The number of nitrogens with zero attached hydrogens (tertiary/aromatic N) is 5. The molecule has 1 atom stereocenters. The number of nitriles is 1. The largest absolute Gasteiger partial charge is 0.367 e. The van der Waals surface area contributed by atoms with Crippen LogP contribution in [0, 0.1) is 23.7 Å². The van der Waals surface area contributed by atoms with E-state index in [4.69, 9.17) is 21.3 Å². The van der Waals surface area contributed by atoms with Gasteiger partial charge in [0.25, 0.3) is 0 Å². The Bertz CT molecular complexity index is 1460. The zero-order valence-corrected chi connectivity index (χ0v) is 22.1. The first-order chi connectivity index (χ1) is 17.9. The van der Waals surface area contributed by atoms with E-state index in [1.165, 1.54) is 6.08 Å². The summed E-state index contributed by atoms with van der Waals surface area (Å²) in [6.45, 7) is 8.91. The molecular formula is C28H26ClN5O2S. The van der Waals surface area contributed by atoms with Crippen molar-refractivity contribution >= 4 is 34.7 Å². The van der Waals surface area contributed by atoms with Crippen molar-refractivity contribution in [3.63, 3.8) is 0 Å². The van der Waals surface area contributed by atoms with Gasteiger partial charge in [-0.3, -0.25) is 4.79 Å². The van der Waals surface area contributed by atoms with Crippen molar-refractivity contribution in [2.45, 2.75) is 32.5 Å². The van der Waals surface area contributed by atoms with E-state index in [0.29, 0.717) is 42.5 Å². The van der Waals surface area contributed by atoms with Crippen LogP contribution in [0.25, 0.3) is 11.1 Å². The van der Waals surface area contributed by atoms with Crippen molar-refractivity contribution in [2.75, 3.05) is 31.1 Å². The van der Waals surface area contributed by atoms with E-state index in [-0.39, 0.29) is 17.4 Å². The summed E-state index contributed by atoms with van der Waals surface area (Å²) in [5.74, 6) is 0.669. The first kappa shape index (κ1) is 24.1. The molecule has 3 aliphatic heterocycles. The van der Waals surface area contributed by atoms with Gasteiger partial charge in [0.1, 0.15) is 17.5 Å². The fraction of sp³-hybridized carbons (Fsp3) is 0.357. The molecule has 0 radical (unpaired) electrons. The number of fused-ring (bicyclic) bond motifs is 1. The van der Waals surface area contributed by atoms with Gasteiger partial charge in [-0.05, 0) is 25.5 Å². The molecule has 1 aromatic carbocycles. The number of carbonyl (C=O) groups is 1. The summed E-state index contributed by atoms with van der Waals surface area (Å²) in [5, 5.41) is 11.0. The number of rotatable bonds is 4. The van der Waals surface area contributed by atoms with Gasteiger partial charge in [-0.25, -0.2) is 9.97 Å². The summed E-state index contributed by atoms with van der Waals surface area (Å²) < 4.78 is 6.32. The van der Waals surface area contributed by atoms with Crippen LogP contribution in [0.1, 0.15) is 39.9 Å². The average Bonchev–Trinajstić information content (AvgIpc) is 3.53. The number of anilines is 1. The highest BCUT2D eigenvalue weighted by molar-refractivity contribution is 7.09. The number of aryl methyl sites for hydroxylation is 1. The number of ether oxygens (including phenoxy) is 1. The Labute approximate surface area is 225 Å². The molecule has 6 rings (SSSR count). The zero-order valence-electron chi connectivity index (χ0n) is 20.5. The molecule has 1 spiro atoms. The molecule has 0 bridgehead atoms. The summed E-state index contributed by atoms with van der Waals surface area (Å²) in [7, 11) is 0. The number of hydrogen-bond donors (Lipinski definition) is 0. The monoisotopic (exact) mass is 531 g/mol. The number of thiazole rings is 1. The van der Waals surface area contributed by atoms with E-state index in [2.05, 4.69) is 22.5 Å². The van der Waals surface area contributed by atoms with E-state index >= 15 is 0 Å². The fourth-order valence-electron chi connectivity index (χ4n) is 5.91. The first-order valence-corrected chi connectivity index (χ1v) is 13.6. The van der Waals surface area contributed by atoms with Gasteiger partial charge in [0, 0.05) is 59.7 Å². The molecule has 9 heteroatoms. The lowest BCUT2D eigenvalue weighted by Crippen LogP contribution is -2.59. The summed E-state index contributed by atoms with van der Waals surface area (Å²) in [6.07, 6.45) is 2.81. The molecule has 5 heterocycles. The molecule has 7 nitrogen and oxygen atoms in total. The molecule has 2 fully saturated rings. The van der Waals surface area contributed by atoms with Gasteiger partial charge in [0.15, 0.2) is 0 Å². The van der Waals surface area contributed by atoms with Gasteiger partial charge in [-0.2, -0.15) is 5.26 Å². The summed E-state index contributed by atoms with van der Waals surface area (Å²) in [4.78, 5) is 26.7. The predicted molar refractivity (Wildman–Crippen MR) is 144 cm³/mol. The Kier molecular flexibility index (Phi) is 6.03. The van der Waals surface area contributed by atoms with E-state index in [9.17, 15) is 10.1 Å². The van der Waals surface area contributed by atoms with Crippen molar-refractivity contribution in [2.24, 2.45) is 5.41 Å². The van der Waals surface area contributed by atoms with Crippen LogP contribution < -0.4 is 4.90 Å². The summed E-state index contributed by atoms with van der Waals surface area (Å²) in [5.41, 5.74) is 6.86. The highest BCUT2D eigenvalue weighted by atomic mass is 35.5. The van der Waals surface area contributed by atoms with Crippen LogP contribution in [0.2, 0.25) is 5.02 Å². The normalized spacial score (nSPS) is 19.9. The Morgan fingerprint density at radius 1 is 1.35 bits per heavy atom. The molecule has 2 aromatic heterocycles. The molecule has 0 aliphatic carbocycles. The molecule has 37 heavy (non-hydrogen) atoms. The van der Waals surface area contributed by atoms with Gasteiger partial charge in [0.05, 0.1) is 34.5 Å². The number of halogens is 1. The van der Waals surface area contributed by atoms with Gasteiger partial charge in [-0.15, -0.1) is 11.3 Å². The Balaban J connectivity index is 1.42. The minimum Gasteiger partial charge on any atom is -0.367 e. The highest BCUT2D eigenvalue weighted by Crippen LogP contribution is 2.46. The third-order valence-corrected chi connectivity index (χ3v) is 9.13. The second-order valence-corrected chi connectivity index (χ2v) is 11.4. The Morgan fingerprint density at radius 3 is 2.86 bits per heavy atom. The predicted octanol–water partition coefficient (Wildman–Crippen LogP) is 5.08. The van der Waals surface area contributed by atoms with Crippen molar-refractivity contribution in [1.29, 1.82) is 5.26 Å². The Morgan fingerprint density at radius 2 is 2.16 bits per heavy atom. The van der Waals surface area contributed by atoms with Crippen LogP contribution in [-0.2, 0) is 22.6 Å². The third kappa shape index (κ3) is 4.02. The summed E-state index contributed by atoms with van der Waals surface area (Å²) >= 11 is 8.27. The van der Waals surface area contributed by atoms with Crippen LogP contribution in [-0.4, -0.2) is 47.0 Å². The van der Waals surface area contributed by atoms with Crippen LogP contribution in [0.5, 0.6) is 0 Å². The second kappa shape index (κ2) is 9.25. The van der Waals surface area contributed by atoms with E-state index in [0.717, 1.165) is 52.5 Å². The minimum atomic E-state index is -0.123. The SMILES string of the molecule is C=CC(=O)N1CC2(CCN(c3nc4c(c(-c5ccccc5Cl)c3C#N)COC(c3scnc3C)C4)C2)C1. The molecule has 2 saturated heterocycles. The number of likely N-dealkylation sites (tertiary alicyclic amines) is 1. The molecule has 3 aliphatic rings. The second-order valence-electron chi connectivity index (χ2n) is 10.1. The molecule has 0 saturated carbocycles. The molecule has 1 unspecified atom stereocenters. The molecule has 3 aromatic rings. The highest BCUT2D eigenvalue weighted by Gasteiger charge is 2.49. The maximum Gasteiger partial charge on any atom is 0.245 e. The number of amides is 1. The van der Waals surface area contributed by atoms with Crippen molar-refractivity contribution in [3.05, 3.63) is 74.8 Å². The number of hydrogen-bond acceptors (Lipinski definition) is 7. The molecule has 1 amide bonds. The van der Waals surface area contributed by atoms with Gasteiger partial charge >= 0.3 is 0 Å². The van der Waals surface area contributed by atoms with Crippen molar-refractivity contribution < 1.29 is 9.53 Å². The standard InChI is InChI=1S/C28H26ClN5O2S/c1-3-24(35)34-14-28(15-34)8-9-33(13-28)27-19(11-30)25(18-6-4-5-7-21(18)29)20-12-36-23(10-22(20)32-27)26-17(2)31-16-37-26/h3-7,16,23H,1,8-10,12-15H2,2H3. The molecule has 188 valence electrons. The molecule has 0 N–H and O–H groups in total. The maximum atomic E-state index is 12.0. The van der Waals surface area contributed by atoms with Gasteiger partial charge in [-0.1, -0.05) is 36.4 Å². The lowest BCUT2D eigenvalue weighted by molar-refractivity contribution is -0.136. The molecular weight excluding hydrogens is 506 g/mol. The van der Waals surface area contributed by atoms with E-state index in [1.54, 1.807) is 11.3 Å². The fourth-order valence-corrected chi connectivity index (χ4v) is 6.99. The average molecular weight is 532 g/mol. The topological polar surface area (TPSA) is 82.4 Å². The Hall–Kier alpha value is -3.25. The van der Waals surface area contributed by atoms with Crippen LogP contribution in [0.15, 0.2) is 42.4 Å². The van der Waals surface area contributed by atoms with Crippen LogP contribution in [0.3, 0.4) is 0 Å². The third-order valence-electron chi connectivity index (χ3n) is 7.78. The summed E-state index contributed by atoms with van der Waals surface area (Å²) in [6, 6.07) is 10.1. The number of pyridine rings is 1. The van der Waals surface area contributed by atoms with E-state index in [1.807, 2.05) is 41.6 Å². The zero-order chi connectivity index (χ0) is 25.7. The lowest BCUT2D eigenvalue weighted by Gasteiger charge is -2.47. The van der Waals surface area contributed by atoms with E-state index < -0.39 is 0 Å². The van der Waals surface area contributed by atoms with Crippen LogP contribution in [0.4, 0.5) is 5.82 Å². The number of carbonyl (C=O) groups excluding carboxylic acids is 1. The number of benzene rings is 1. The van der Waals surface area contributed by atoms with Crippen molar-refractivity contribution in [3.8, 4) is 17.2 Å².